The zero-order valence-corrected chi connectivity index (χ0v) is 15.0. The van der Waals surface area contributed by atoms with Gasteiger partial charge in [-0.1, -0.05) is 59.6 Å². The summed E-state index contributed by atoms with van der Waals surface area (Å²) < 4.78 is 0. The first-order chi connectivity index (χ1) is 12.6. The number of nitrogens with zero attached hydrogens (tertiary/aromatic N) is 2. The monoisotopic (exact) mass is 378 g/mol. The van der Waals surface area contributed by atoms with E-state index in [0.717, 1.165) is 22.4 Å². The number of carbonyl (C=O) groups is 1. The van der Waals surface area contributed by atoms with Gasteiger partial charge in [0.15, 0.2) is 0 Å². The largest absolute Gasteiger partial charge is 0.280 e. The lowest BCUT2D eigenvalue weighted by Gasteiger charge is -2.34. The summed E-state index contributed by atoms with van der Waals surface area (Å²) in [6.45, 7) is 0. The van der Waals surface area contributed by atoms with Crippen molar-refractivity contribution in [2.75, 3.05) is 0 Å². The molecule has 2 aliphatic rings. The summed E-state index contributed by atoms with van der Waals surface area (Å²) in [7, 11) is 0. The molecule has 3 nitrogen and oxygen atoms in total. The molecule has 26 heavy (non-hydrogen) atoms. The van der Waals surface area contributed by atoms with Gasteiger partial charge in [-0.15, -0.1) is 0 Å². The molecule has 0 N–H and O–H groups in total. The van der Waals surface area contributed by atoms with E-state index in [4.69, 9.17) is 28.2 Å². The molecule has 0 aliphatic carbocycles. The Balaban J connectivity index is 1.82. The van der Waals surface area contributed by atoms with Gasteiger partial charge in [-0.2, -0.15) is 0 Å². The van der Waals surface area contributed by atoms with Crippen molar-refractivity contribution in [1.29, 1.82) is 0 Å². The van der Waals surface area contributed by atoms with E-state index in [9.17, 15) is 4.79 Å². The molecule has 2 aliphatic heterocycles. The molecule has 1 amide bonds. The zero-order chi connectivity index (χ0) is 17.8. The second-order valence-electron chi connectivity index (χ2n) is 6.28. The van der Waals surface area contributed by atoms with E-state index < -0.39 is 0 Å². The number of rotatable bonds is 1. The molecule has 1 atom stereocenters. The average Bonchev–Trinajstić information content (AvgIpc) is 2.94. The highest BCUT2D eigenvalue weighted by molar-refractivity contribution is 6.32. The number of benzene rings is 3. The van der Waals surface area contributed by atoms with Crippen molar-refractivity contribution >= 4 is 40.6 Å². The quantitative estimate of drug-likeness (QED) is 0.539. The summed E-state index contributed by atoms with van der Waals surface area (Å²) >= 11 is 12.8. The average molecular weight is 379 g/mol. The second-order valence-corrected chi connectivity index (χ2v) is 7.13. The van der Waals surface area contributed by atoms with Gasteiger partial charge in [-0.25, -0.2) is 4.99 Å². The maximum Gasteiger partial charge on any atom is 0.261 e. The van der Waals surface area contributed by atoms with Gasteiger partial charge in [0.25, 0.3) is 5.91 Å². The second kappa shape index (κ2) is 5.70. The van der Waals surface area contributed by atoms with E-state index in [0.29, 0.717) is 21.4 Å². The minimum Gasteiger partial charge on any atom is -0.280 e. The van der Waals surface area contributed by atoms with Gasteiger partial charge in [-0.05, 0) is 35.9 Å². The molecule has 5 rings (SSSR count). The predicted molar refractivity (Wildman–Crippen MR) is 104 cm³/mol. The standard InChI is InChI=1S/C21H12Cl2N2O/c22-12-9-10-18-16(11-12)19(15-7-3-4-8-17(15)23)25-20(24-18)13-5-1-2-6-14(13)21(25)26/h1-11,19H. The SMILES string of the molecule is O=C1c2ccccc2C2=Nc3ccc(Cl)cc3C(c3ccccc3Cl)N12. The normalized spacial score (nSPS) is 17.5. The van der Waals surface area contributed by atoms with Crippen molar-refractivity contribution in [3.05, 3.63) is 99.0 Å². The van der Waals surface area contributed by atoms with Crippen LogP contribution in [0.5, 0.6) is 0 Å². The molecule has 0 bridgehead atoms. The molecule has 0 radical (unpaired) electrons. The van der Waals surface area contributed by atoms with Crippen LogP contribution in [0.2, 0.25) is 10.0 Å². The topological polar surface area (TPSA) is 32.7 Å². The maximum absolute atomic E-state index is 13.2. The molecule has 0 fully saturated rings. The molecule has 1 unspecified atom stereocenters. The highest BCUT2D eigenvalue weighted by Crippen LogP contribution is 2.46. The lowest BCUT2D eigenvalue weighted by atomic mass is 9.94. The number of aliphatic imine (C=N–C) groups is 1. The van der Waals surface area contributed by atoms with Gasteiger partial charge in [-0.3, -0.25) is 9.69 Å². The minimum absolute atomic E-state index is 0.0742. The number of hydrogen-bond acceptors (Lipinski definition) is 2. The van der Waals surface area contributed by atoms with Crippen LogP contribution in [0.15, 0.2) is 71.7 Å². The molecule has 3 aromatic carbocycles. The molecular weight excluding hydrogens is 367 g/mol. The fraction of sp³-hybridized carbons (Fsp3) is 0.0476. The number of amides is 1. The van der Waals surface area contributed by atoms with Crippen LogP contribution in [0, 0.1) is 0 Å². The minimum atomic E-state index is -0.371. The first-order valence-electron chi connectivity index (χ1n) is 8.20. The van der Waals surface area contributed by atoms with Crippen molar-refractivity contribution in [3.63, 3.8) is 0 Å². The summed E-state index contributed by atoms with van der Waals surface area (Å²) in [4.78, 5) is 19.7. The van der Waals surface area contributed by atoms with Crippen molar-refractivity contribution in [2.45, 2.75) is 6.04 Å². The van der Waals surface area contributed by atoms with Gasteiger partial charge >= 0.3 is 0 Å². The fourth-order valence-corrected chi connectivity index (χ4v) is 4.10. The molecule has 3 aromatic rings. The Kier molecular flexibility index (Phi) is 3.42. The Morgan fingerprint density at radius 1 is 0.846 bits per heavy atom. The Bertz CT molecular complexity index is 1110. The van der Waals surface area contributed by atoms with Crippen LogP contribution in [-0.2, 0) is 0 Å². The first-order valence-corrected chi connectivity index (χ1v) is 8.96. The van der Waals surface area contributed by atoms with Crippen LogP contribution in [-0.4, -0.2) is 16.6 Å². The molecule has 2 heterocycles. The smallest absolute Gasteiger partial charge is 0.261 e. The van der Waals surface area contributed by atoms with E-state index in [1.807, 2.05) is 66.7 Å². The van der Waals surface area contributed by atoms with Gasteiger partial charge in [0, 0.05) is 21.2 Å². The maximum atomic E-state index is 13.2. The summed E-state index contributed by atoms with van der Waals surface area (Å²) in [6, 6.07) is 20.3. The highest BCUT2D eigenvalue weighted by atomic mass is 35.5. The highest BCUT2D eigenvalue weighted by Gasteiger charge is 2.43. The molecule has 0 spiro atoms. The summed E-state index contributed by atoms with van der Waals surface area (Å²) in [5.41, 5.74) is 4.02. The van der Waals surface area contributed by atoms with Crippen molar-refractivity contribution in [3.8, 4) is 0 Å². The molecule has 5 heteroatoms. The fourth-order valence-electron chi connectivity index (χ4n) is 3.68. The summed E-state index contributed by atoms with van der Waals surface area (Å²) in [6.07, 6.45) is 0. The molecule has 0 saturated carbocycles. The zero-order valence-electron chi connectivity index (χ0n) is 13.5. The third-order valence-electron chi connectivity index (χ3n) is 4.81. The van der Waals surface area contributed by atoms with Gasteiger partial charge in [0.1, 0.15) is 5.84 Å². The Morgan fingerprint density at radius 2 is 1.58 bits per heavy atom. The Hall–Kier alpha value is -2.62. The Morgan fingerprint density at radius 3 is 2.38 bits per heavy atom. The molecule has 0 saturated heterocycles. The van der Waals surface area contributed by atoms with Gasteiger partial charge < -0.3 is 0 Å². The predicted octanol–water partition coefficient (Wildman–Crippen LogP) is 5.63. The van der Waals surface area contributed by atoms with Crippen molar-refractivity contribution in [1.82, 2.24) is 4.90 Å². The van der Waals surface area contributed by atoms with Crippen LogP contribution in [0.1, 0.15) is 33.1 Å². The van der Waals surface area contributed by atoms with E-state index in [1.165, 1.54) is 0 Å². The van der Waals surface area contributed by atoms with Crippen LogP contribution in [0.3, 0.4) is 0 Å². The Labute approximate surface area is 160 Å². The number of amidine groups is 1. The summed E-state index contributed by atoms with van der Waals surface area (Å²) in [5, 5.41) is 1.21. The van der Waals surface area contributed by atoms with Crippen LogP contribution >= 0.6 is 23.2 Å². The summed E-state index contributed by atoms with van der Waals surface area (Å²) in [5.74, 6) is 0.584. The van der Waals surface area contributed by atoms with Crippen LogP contribution in [0.4, 0.5) is 5.69 Å². The lowest BCUT2D eigenvalue weighted by Crippen LogP contribution is -2.37. The lowest BCUT2D eigenvalue weighted by molar-refractivity contribution is 0.0831. The number of carbonyl (C=O) groups excluding carboxylic acids is 1. The van der Waals surface area contributed by atoms with Gasteiger partial charge in [0.2, 0.25) is 0 Å². The first kappa shape index (κ1) is 15.6. The van der Waals surface area contributed by atoms with E-state index >= 15 is 0 Å². The third-order valence-corrected chi connectivity index (χ3v) is 5.39. The van der Waals surface area contributed by atoms with Crippen molar-refractivity contribution in [2.24, 2.45) is 4.99 Å². The third kappa shape index (κ3) is 2.14. The van der Waals surface area contributed by atoms with Crippen molar-refractivity contribution < 1.29 is 4.79 Å². The van der Waals surface area contributed by atoms with Gasteiger partial charge in [0.05, 0.1) is 17.3 Å². The van der Waals surface area contributed by atoms with Crippen LogP contribution in [0.25, 0.3) is 0 Å². The van der Waals surface area contributed by atoms with Crippen LogP contribution < -0.4 is 0 Å². The molecular formula is C21H12Cl2N2O. The molecule has 0 aromatic heterocycles. The van der Waals surface area contributed by atoms with E-state index in [-0.39, 0.29) is 11.9 Å². The van der Waals surface area contributed by atoms with E-state index in [2.05, 4.69) is 0 Å². The number of fused-ring (bicyclic) bond motifs is 4. The number of halogens is 2. The number of hydrogen-bond donors (Lipinski definition) is 0. The van der Waals surface area contributed by atoms with E-state index in [1.54, 1.807) is 4.90 Å². The molecule has 126 valence electrons.